The first-order chi connectivity index (χ1) is 12.1. The highest BCUT2D eigenvalue weighted by Gasteiger charge is 2.62. The third kappa shape index (κ3) is 2.36. The molecule has 1 saturated heterocycles. The first-order valence-corrected chi connectivity index (χ1v) is 9.99. The average molecular weight is 343 g/mol. The van der Waals surface area contributed by atoms with Crippen molar-refractivity contribution in [1.82, 2.24) is 24.6 Å². The Morgan fingerprint density at radius 1 is 1.12 bits per heavy atom. The van der Waals surface area contributed by atoms with E-state index in [4.69, 9.17) is 0 Å². The van der Waals surface area contributed by atoms with Crippen LogP contribution in [0.5, 0.6) is 0 Å². The molecule has 1 amide bonds. The summed E-state index contributed by atoms with van der Waals surface area (Å²) in [6, 6.07) is 0. The number of piperazine rings is 1. The van der Waals surface area contributed by atoms with Crippen LogP contribution >= 0.6 is 0 Å². The first-order valence-electron chi connectivity index (χ1n) is 9.99. The van der Waals surface area contributed by atoms with E-state index in [1.807, 2.05) is 6.33 Å². The zero-order valence-electron chi connectivity index (χ0n) is 15.2. The van der Waals surface area contributed by atoms with E-state index in [0.29, 0.717) is 17.7 Å². The maximum absolute atomic E-state index is 13.6. The van der Waals surface area contributed by atoms with Crippen LogP contribution in [0.1, 0.15) is 45.4 Å². The van der Waals surface area contributed by atoms with Crippen molar-refractivity contribution in [3.8, 4) is 0 Å². The van der Waals surface area contributed by atoms with Crippen molar-refractivity contribution in [3.63, 3.8) is 0 Å². The lowest BCUT2D eigenvalue weighted by molar-refractivity contribution is -0.168. The summed E-state index contributed by atoms with van der Waals surface area (Å²) in [6.07, 6.45) is 10.4. The van der Waals surface area contributed by atoms with Gasteiger partial charge in [0.25, 0.3) is 0 Å². The Balaban J connectivity index is 1.42. The van der Waals surface area contributed by atoms with E-state index in [-0.39, 0.29) is 11.0 Å². The normalized spacial score (nSPS) is 40.6. The Labute approximate surface area is 149 Å². The van der Waals surface area contributed by atoms with Gasteiger partial charge >= 0.3 is 0 Å². The molecule has 1 aromatic heterocycles. The lowest BCUT2D eigenvalue weighted by Gasteiger charge is -2.61. The van der Waals surface area contributed by atoms with Crippen LogP contribution in [-0.4, -0.2) is 63.2 Å². The highest BCUT2D eigenvalue weighted by molar-refractivity contribution is 5.83. The molecule has 6 heteroatoms. The number of nitrogens with zero attached hydrogens (tertiary/aromatic N) is 5. The van der Waals surface area contributed by atoms with E-state index in [9.17, 15) is 4.79 Å². The number of rotatable bonds is 3. The highest BCUT2D eigenvalue weighted by atomic mass is 16.2. The Bertz CT molecular complexity index is 635. The van der Waals surface area contributed by atoms with Crippen LogP contribution in [0, 0.1) is 17.3 Å². The third-order valence-corrected chi connectivity index (χ3v) is 7.50. The van der Waals surface area contributed by atoms with Gasteiger partial charge in [0.15, 0.2) is 0 Å². The van der Waals surface area contributed by atoms with E-state index >= 15 is 0 Å². The summed E-state index contributed by atoms with van der Waals surface area (Å²) in [5, 5.41) is 4.50. The molecule has 0 N–H and O–H groups in total. The number of aromatic nitrogens is 3. The second-order valence-corrected chi connectivity index (χ2v) is 9.03. The summed E-state index contributed by atoms with van der Waals surface area (Å²) in [5.41, 5.74) is -0.0914. The molecule has 5 aliphatic rings. The van der Waals surface area contributed by atoms with Crippen molar-refractivity contribution >= 4 is 5.91 Å². The summed E-state index contributed by atoms with van der Waals surface area (Å²) in [5.74, 6) is 1.82. The van der Waals surface area contributed by atoms with Gasteiger partial charge in [-0.1, -0.05) is 6.92 Å². The molecule has 136 valence electrons. The molecule has 4 saturated carbocycles. The van der Waals surface area contributed by atoms with Crippen molar-refractivity contribution in [2.45, 2.75) is 51.0 Å². The maximum atomic E-state index is 13.6. The van der Waals surface area contributed by atoms with E-state index < -0.39 is 0 Å². The summed E-state index contributed by atoms with van der Waals surface area (Å²) in [4.78, 5) is 22.4. The fraction of sp³-hybridized carbons (Fsp3) is 0.842. The summed E-state index contributed by atoms with van der Waals surface area (Å²) >= 11 is 0. The van der Waals surface area contributed by atoms with E-state index in [1.54, 1.807) is 6.33 Å². The minimum absolute atomic E-state index is 0.0431. The summed E-state index contributed by atoms with van der Waals surface area (Å²) < 4.78 is 2.10. The number of hydrogen-bond acceptors (Lipinski definition) is 4. The summed E-state index contributed by atoms with van der Waals surface area (Å²) in [6.45, 7) is 7.16. The van der Waals surface area contributed by atoms with Crippen molar-refractivity contribution in [1.29, 1.82) is 0 Å². The number of amides is 1. The maximum Gasteiger partial charge on any atom is 0.228 e. The molecule has 0 spiro atoms. The molecule has 2 heterocycles. The molecule has 0 aromatic carbocycles. The lowest BCUT2D eigenvalue weighted by Crippen LogP contribution is -2.62. The van der Waals surface area contributed by atoms with Gasteiger partial charge in [0.05, 0.1) is 11.0 Å². The van der Waals surface area contributed by atoms with Crippen LogP contribution in [0.15, 0.2) is 12.7 Å². The second-order valence-electron chi connectivity index (χ2n) is 9.03. The molecular formula is C19H29N5O. The minimum atomic E-state index is -0.135. The van der Waals surface area contributed by atoms with Crippen LogP contribution in [0.4, 0.5) is 0 Å². The lowest BCUT2D eigenvalue weighted by atomic mass is 9.46. The Morgan fingerprint density at radius 3 is 2.44 bits per heavy atom. The quantitative estimate of drug-likeness (QED) is 0.839. The zero-order chi connectivity index (χ0) is 17.1. The van der Waals surface area contributed by atoms with Gasteiger partial charge in [-0.15, -0.1) is 0 Å². The van der Waals surface area contributed by atoms with Crippen molar-refractivity contribution < 1.29 is 4.79 Å². The molecule has 2 atom stereocenters. The predicted molar refractivity (Wildman–Crippen MR) is 93.8 cm³/mol. The van der Waals surface area contributed by atoms with Crippen molar-refractivity contribution in [2.24, 2.45) is 17.3 Å². The van der Waals surface area contributed by atoms with Gasteiger partial charge in [0, 0.05) is 26.2 Å². The highest BCUT2D eigenvalue weighted by Crippen LogP contribution is 2.64. The number of carbonyl (C=O) groups is 1. The number of carbonyl (C=O) groups excluding carboxylic acids is 1. The Kier molecular flexibility index (Phi) is 3.50. The smallest absolute Gasteiger partial charge is 0.228 e. The topological polar surface area (TPSA) is 54.3 Å². The molecule has 0 radical (unpaired) electrons. The van der Waals surface area contributed by atoms with Gasteiger partial charge in [0.1, 0.15) is 12.7 Å². The van der Waals surface area contributed by atoms with Gasteiger partial charge in [-0.25, -0.2) is 9.67 Å². The van der Waals surface area contributed by atoms with Crippen molar-refractivity contribution in [3.05, 3.63) is 12.7 Å². The van der Waals surface area contributed by atoms with E-state index in [0.717, 1.165) is 52.0 Å². The minimum Gasteiger partial charge on any atom is -0.340 e. The average Bonchev–Trinajstić information content (AvgIpc) is 3.16. The molecule has 1 aliphatic heterocycles. The molecule has 1 aromatic rings. The standard InChI is InChI=1S/C19H29N5O/c1-2-22-3-5-23(6-4-22)17(25)18-8-15-7-16(9-18)11-19(10-15,12-18)24-14-20-13-21-24/h13-16H,2-12H2,1H3/t15-,16-,18?,19?/m0/s1. The van der Waals surface area contributed by atoms with E-state index in [1.165, 1.54) is 19.3 Å². The fourth-order valence-electron chi connectivity index (χ4n) is 6.79. The predicted octanol–water partition coefficient (Wildman–Crippen LogP) is 1.74. The van der Waals surface area contributed by atoms with Gasteiger partial charge in [-0.05, 0) is 56.9 Å². The Morgan fingerprint density at radius 2 is 1.84 bits per heavy atom. The van der Waals surface area contributed by atoms with Crippen LogP contribution in [0.3, 0.4) is 0 Å². The van der Waals surface area contributed by atoms with Gasteiger partial charge in [-0.2, -0.15) is 5.10 Å². The first kappa shape index (κ1) is 15.8. The second kappa shape index (κ2) is 5.53. The molecule has 6 nitrogen and oxygen atoms in total. The Hall–Kier alpha value is -1.43. The van der Waals surface area contributed by atoms with Gasteiger partial charge in [-0.3, -0.25) is 4.79 Å². The number of hydrogen-bond donors (Lipinski definition) is 0. The molecule has 6 rings (SSSR count). The van der Waals surface area contributed by atoms with Crippen molar-refractivity contribution in [2.75, 3.05) is 32.7 Å². The molecule has 4 aliphatic carbocycles. The molecule has 25 heavy (non-hydrogen) atoms. The number of likely N-dealkylation sites (N-methyl/N-ethyl adjacent to an activating group) is 1. The monoisotopic (exact) mass is 343 g/mol. The van der Waals surface area contributed by atoms with Gasteiger partial charge < -0.3 is 9.80 Å². The zero-order valence-corrected chi connectivity index (χ0v) is 15.2. The largest absolute Gasteiger partial charge is 0.340 e. The fourth-order valence-corrected chi connectivity index (χ4v) is 6.79. The van der Waals surface area contributed by atoms with Gasteiger partial charge in [0.2, 0.25) is 5.91 Å². The molecule has 4 bridgehead atoms. The molecule has 5 fully saturated rings. The van der Waals surface area contributed by atoms with Crippen LogP contribution in [0.2, 0.25) is 0 Å². The van der Waals surface area contributed by atoms with Crippen LogP contribution in [-0.2, 0) is 10.3 Å². The third-order valence-electron chi connectivity index (χ3n) is 7.50. The van der Waals surface area contributed by atoms with E-state index in [2.05, 4.69) is 31.5 Å². The van der Waals surface area contributed by atoms with Crippen LogP contribution < -0.4 is 0 Å². The summed E-state index contributed by atoms with van der Waals surface area (Å²) in [7, 11) is 0. The molecule has 0 unspecified atom stereocenters. The molecular weight excluding hydrogens is 314 g/mol. The SMILES string of the molecule is CCN1CCN(C(=O)C23C[C@@H]4C[C@@H](C2)CC(n2cncn2)(C4)C3)CC1. The van der Waals surface area contributed by atoms with Crippen LogP contribution in [0.25, 0.3) is 0 Å².